The Morgan fingerprint density at radius 2 is 1.94 bits per heavy atom. The molecule has 0 fully saturated rings. The van der Waals surface area contributed by atoms with Gasteiger partial charge in [-0.1, -0.05) is 12.1 Å². The largest absolute Gasteiger partial charge is 1.00 e. The summed E-state index contributed by atoms with van der Waals surface area (Å²) in [7, 11) is 0. The first-order chi connectivity index (χ1) is 8.33. The molecule has 0 saturated heterocycles. The monoisotopic (exact) mass is 351 g/mol. The van der Waals surface area contributed by atoms with Crippen molar-refractivity contribution in [2.45, 2.75) is 32.7 Å². The Morgan fingerprint density at radius 3 is 2.72 bits per heavy atom. The maximum Gasteiger partial charge on any atom is 0.212 e. The van der Waals surface area contributed by atoms with E-state index in [4.69, 9.17) is 6.42 Å². The zero-order chi connectivity index (χ0) is 12.1. The Morgan fingerprint density at radius 1 is 1.17 bits per heavy atom. The van der Waals surface area contributed by atoms with Crippen molar-refractivity contribution in [3.05, 3.63) is 42.1 Å². The number of para-hydroxylation sites is 1. The van der Waals surface area contributed by atoms with Crippen LogP contribution in [0.15, 0.2) is 36.5 Å². The van der Waals surface area contributed by atoms with Crippen LogP contribution in [0, 0.1) is 19.3 Å². The van der Waals surface area contributed by atoms with Gasteiger partial charge in [0, 0.05) is 30.4 Å². The van der Waals surface area contributed by atoms with Crippen molar-refractivity contribution < 1.29 is 28.5 Å². The lowest BCUT2D eigenvalue weighted by Crippen LogP contribution is -3.00. The van der Waals surface area contributed by atoms with Crippen molar-refractivity contribution in [2.24, 2.45) is 0 Å². The van der Waals surface area contributed by atoms with Crippen LogP contribution in [0.5, 0.6) is 0 Å². The molecule has 0 radical (unpaired) electrons. The lowest BCUT2D eigenvalue weighted by atomic mass is 10.1. The topological polar surface area (TPSA) is 3.88 Å². The highest BCUT2D eigenvalue weighted by molar-refractivity contribution is 5.78. The van der Waals surface area contributed by atoms with E-state index in [1.165, 1.54) is 16.5 Å². The molecule has 0 saturated carbocycles. The van der Waals surface area contributed by atoms with Crippen molar-refractivity contribution in [2.75, 3.05) is 0 Å². The number of hydrogen-bond donors (Lipinski definition) is 0. The summed E-state index contributed by atoms with van der Waals surface area (Å²) in [5, 5.41) is 1.34. The smallest absolute Gasteiger partial charge is 0.212 e. The van der Waals surface area contributed by atoms with E-state index in [2.05, 4.69) is 53.9 Å². The van der Waals surface area contributed by atoms with Gasteiger partial charge in [0.25, 0.3) is 0 Å². The van der Waals surface area contributed by atoms with E-state index < -0.39 is 0 Å². The number of aryl methyl sites for hydroxylation is 2. The molecule has 2 heteroatoms. The maximum absolute atomic E-state index is 5.26. The van der Waals surface area contributed by atoms with E-state index in [0.29, 0.717) is 0 Å². The molecule has 0 aliphatic heterocycles. The van der Waals surface area contributed by atoms with Crippen LogP contribution in [0.1, 0.15) is 24.8 Å². The molecule has 2 rings (SSSR count). The van der Waals surface area contributed by atoms with Gasteiger partial charge in [0.2, 0.25) is 5.52 Å². The van der Waals surface area contributed by atoms with Crippen LogP contribution >= 0.6 is 0 Å². The first-order valence-corrected chi connectivity index (χ1v) is 6.14. The van der Waals surface area contributed by atoms with Gasteiger partial charge in [-0.25, -0.2) is 0 Å². The molecule has 2 aromatic rings. The third-order valence-electron chi connectivity index (χ3n) is 3.11. The highest BCUT2D eigenvalue weighted by Crippen LogP contribution is 2.13. The van der Waals surface area contributed by atoms with Crippen LogP contribution in [-0.4, -0.2) is 0 Å². The van der Waals surface area contributed by atoms with Crippen LogP contribution in [0.3, 0.4) is 0 Å². The maximum atomic E-state index is 5.26. The fourth-order valence-electron chi connectivity index (χ4n) is 2.13. The highest BCUT2D eigenvalue weighted by atomic mass is 127. The summed E-state index contributed by atoms with van der Waals surface area (Å²) in [5.41, 5.74) is 2.65. The highest BCUT2D eigenvalue weighted by Gasteiger charge is 2.08. The molecular weight excluding hydrogens is 333 g/mol. The van der Waals surface area contributed by atoms with Gasteiger partial charge in [-0.05, 0) is 25.0 Å². The molecule has 0 atom stereocenters. The van der Waals surface area contributed by atoms with Crippen molar-refractivity contribution in [1.29, 1.82) is 0 Å². The van der Waals surface area contributed by atoms with Crippen LogP contribution in [-0.2, 0) is 6.54 Å². The van der Waals surface area contributed by atoms with E-state index in [0.717, 1.165) is 25.8 Å². The fourth-order valence-corrected chi connectivity index (χ4v) is 2.13. The number of benzene rings is 1. The molecule has 1 nitrogen and oxygen atoms in total. The number of nitrogens with zero attached hydrogens (tertiary/aromatic N) is 1. The normalized spacial score (nSPS) is 9.78. The van der Waals surface area contributed by atoms with Gasteiger partial charge in [0.1, 0.15) is 6.54 Å². The van der Waals surface area contributed by atoms with Crippen LogP contribution < -0.4 is 28.5 Å². The van der Waals surface area contributed by atoms with Gasteiger partial charge in [0.05, 0.1) is 0 Å². The summed E-state index contributed by atoms with van der Waals surface area (Å²) in [4.78, 5) is 0. The fraction of sp³-hybridized carbons (Fsp3) is 0.312. The lowest BCUT2D eigenvalue weighted by molar-refractivity contribution is -0.671. The molecule has 0 unspecified atom stereocenters. The van der Waals surface area contributed by atoms with E-state index >= 15 is 0 Å². The third-order valence-corrected chi connectivity index (χ3v) is 3.11. The summed E-state index contributed by atoms with van der Waals surface area (Å²) in [6, 6.07) is 10.7. The molecule has 0 aliphatic carbocycles. The zero-order valence-electron chi connectivity index (χ0n) is 10.7. The Labute approximate surface area is 126 Å². The Kier molecular flexibility index (Phi) is 6.14. The number of aromatic nitrogens is 1. The number of halogens is 1. The summed E-state index contributed by atoms with van der Waals surface area (Å²) < 4.78 is 2.32. The van der Waals surface area contributed by atoms with E-state index in [-0.39, 0.29) is 24.0 Å². The van der Waals surface area contributed by atoms with Gasteiger partial charge in [-0.2, -0.15) is 4.57 Å². The van der Waals surface area contributed by atoms with Crippen molar-refractivity contribution in [3.63, 3.8) is 0 Å². The zero-order valence-corrected chi connectivity index (χ0v) is 12.9. The summed E-state index contributed by atoms with van der Waals surface area (Å²) in [5.74, 6) is 2.69. The van der Waals surface area contributed by atoms with E-state index in [9.17, 15) is 0 Å². The molecule has 0 spiro atoms. The molecular formula is C16H18IN. The Hall–Kier alpha value is -1.08. The average Bonchev–Trinajstić information content (AvgIpc) is 2.37. The number of terminal acetylenes is 1. The van der Waals surface area contributed by atoms with Gasteiger partial charge in [-0.15, -0.1) is 12.3 Å². The molecule has 1 aromatic carbocycles. The summed E-state index contributed by atoms with van der Waals surface area (Å²) in [6.45, 7) is 3.20. The molecule has 1 heterocycles. The molecule has 0 bridgehead atoms. The van der Waals surface area contributed by atoms with E-state index in [1.807, 2.05) is 0 Å². The summed E-state index contributed by atoms with van der Waals surface area (Å²) in [6.07, 6.45) is 10.6. The SMILES string of the molecule is C#CCCCC[n+]1ccc(C)c2ccccc21.[I-]. The molecule has 0 amide bonds. The molecule has 18 heavy (non-hydrogen) atoms. The van der Waals surface area contributed by atoms with E-state index in [1.54, 1.807) is 0 Å². The van der Waals surface area contributed by atoms with Crippen molar-refractivity contribution in [3.8, 4) is 12.3 Å². The van der Waals surface area contributed by atoms with Gasteiger partial charge >= 0.3 is 0 Å². The van der Waals surface area contributed by atoms with Crippen LogP contribution in [0.2, 0.25) is 0 Å². The Balaban J connectivity index is 0.00000162. The predicted octanol–water partition coefficient (Wildman–Crippen LogP) is 0.243. The molecule has 94 valence electrons. The lowest BCUT2D eigenvalue weighted by Gasteiger charge is -2.03. The number of hydrogen-bond acceptors (Lipinski definition) is 0. The second-order valence-electron chi connectivity index (χ2n) is 4.37. The quantitative estimate of drug-likeness (QED) is 0.322. The van der Waals surface area contributed by atoms with Crippen molar-refractivity contribution >= 4 is 10.9 Å². The minimum Gasteiger partial charge on any atom is -1.00 e. The van der Waals surface area contributed by atoms with Gasteiger partial charge < -0.3 is 24.0 Å². The number of unbranched alkanes of at least 4 members (excludes halogenated alkanes) is 2. The first kappa shape index (κ1) is 15.0. The second-order valence-corrected chi connectivity index (χ2v) is 4.37. The minimum absolute atomic E-state index is 0. The minimum atomic E-state index is 0. The molecule has 0 N–H and O–H groups in total. The first-order valence-electron chi connectivity index (χ1n) is 6.14. The molecule has 0 aliphatic rings. The van der Waals surface area contributed by atoms with Crippen LogP contribution in [0.4, 0.5) is 0 Å². The van der Waals surface area contributed by atoms with Gasteiger partial charge in [-0.3, -0.25) is 0 Å². The number of rotatable bonds is 4. The number of pyridine rings is 1. The van der Waals surface area contributed by atoms with Crippen molar-refractivity contribution in [1.82, 2.24) is 0 Å². The predicted molar refractivity (Wildman–Crippen MR) is 71.6 cm³/mol. The third kappa shape index (κ3) is 3.46. The molecule has 1 aromatic heterocycles. The number of fused-ring (bicyclic) bond motifs is 1. The standard InChI is InChI=1S/C16H18N.HI/c1-3-4-5-8-12-17-13-11-14(2)15-9-6-7-10-16(15)17;/h1,6-7,9-11,13H,4-5,8,12H2,2H3;1H/q+1;/p-1. The van der Waals surface area contributed by atoms with Gasteiger partial charge in [0.15, 0.2) is 6.20 Å². The van der Waals surface area contributed by atoms with Crippen LogP contribution in [0.25, 0.3) is 10.9 Å². The Bertz CT molecular complexity index is 555. The second kappa shape index (κ2) is 7.38. The summed E-state index contributed by atoms with van der Waals surface area (Å²) >= 11 is 0. The average molecular weight is 351 g/mol.